The van der Waals surface area contributed by atoms with E-state index in [0.29, 0.717) is 5.57 Å². The van der Waals surface area contributed by atoms with Crippen LogP contribution in [-0.4, -0.2) is 86.8 Å². The van der Waals surface area contributed by atoms with Crippen molar-refractivity contribution in [2.45, 2.75) is 108 Å². The Morgan fingerprint density at radius 2 is 1.72 bits per heavy atom. The van der Waals surface area contributed by atoms with Crippen molar-refractivity contribution in [1.29, 1.82) is 0 Å². The van der Waals surface area contributed by atoms with Crippen molar-refractivity contribution in [3.8, 4) is 0 Å². The maximum Gasteiger partial charge on any atom is 0.343 e. The fraction of sp³-hybridized carbons (Fsp3) is 0.656. The molecule has 3 N–H and O–H groups in total. The van der Waals surface area contributed by atoms with E-state index in [1.165, 1.54) is 6.92 Å². The number of aliphatic hydroxyl groups excluding tert-OH is 2. The molecule has 1 unspecified atom stereocenters. The molecule has 0 aromatic heterocycles. The summed E-state index contributed by atoms with van der Waals surface area (Å²) in [6.45, 7) is 10.7. The summed E-state index contributed by atoms with van der Waals surface area (Å²) in [6, 6.07) is 8.34. The highest BCUT2D eigenvalue weighted by Crippen LogP contribution is 2.75. The molecule has 0 spiro atoms. The average molecular weight is 601 g/mol. The number of rotatable bonds is 4. The van der Waals surface area contributed by atoms with Crippen molar-refractivity contribution in [3.05, 3.63) is 47.0 Å². The number of aliphatic hydroxyl groups is 3. The van der Waals surface area contributed by atoms with Crippen molar-refractivity contribution < 1.29 is 53.4 Å². The Morgan fingerprint density at radius 3 is 2.35 bits per heavy atom. The summed E-state index contributed by atoms with van der Waals surface area (Å²) in [6.07, 6.45) is -4.82. The highest BCUT2D eigenvalue weighted by Gasteiger charge is 2.87. The van der Waals surface area contributed by atoms with Crippen LogP contribution in [0.25, 0.3) is 0 Å². The zero-order valence-electron chi connectivity index (χ0n) is 25.5. The second-order valence-electron chi connectivity index (χ2n) is 13.9. The first kappa shape index (κ1) is 30.2. The lowest BCUT2D eigenvalue weighted by atomic mass is 9.38. The predicted molar refractivity (Wildman–Crippen MR) is 148 cm³/mol. The SMILES string of the molecule is CC(=O)OC[C@]12OC(C)(C)O[C@H]1C[C@H](O)[C@]1(C)C2[C@H](OC(=O)c2ccccc2)[C@]23C[C@H](O)C(C)=C2[C@@]1(O)C(=O)OC3(C)C. The van der Waals surface area contributed by atoms with E-state index in [0.717, 1.165) is 0 Å². The molecular weight excluding hydrogens is 560 g/mol. The maximum absolute atomic E-state index is 14.1. The molecule has 11 nitrogen and oxygen atoms in total. The number of ether oxygens (including phenoxy) is 5. The van der Waals surface area contributed by atoms with Crippen LogP contribution in [0.3, 0.4) is 0 Å². The third-order valence-corrected chi connectivity index (χ3v) is 11.0. The van der Waals surface area contributed by atoms with E-state index >= 15 is 0 Å². The van der Waals surface area contributed by atoms with E-state index < -0.39 is 81.7 Å². The number of carbonyl (C=O) groups excluding carboxylic acids is 3. The third-order valence-electron chi connectivity index (χ3n) is 11.0. The Balaban J connectivity index is 1.69. The lowest BCUT2D eigenvalue weighted by molar-refractivity contribution is -0.331. The Morgan fingerprint density at radius 1 is 1.07 bits per heavy atom. The van der Waals surface area contributed by atoms with E-state index in [4.69, 9.17) is 23.7 Å². The molecule has 3 aliphatic carbocycles. The van der Waals surface area contributed by atoms with Gasteiger partial charge >= 0.3 is 17.9 Å². The molecule has 2 aliphatic heterocycles. The molecule has 4 fully saturated rings. The number of carbonyl (C=O) groups is 3. The van der Waals surface area contributed by atoms with E-state index in [2.05, 4.69) is 0 Å². The van der Waals surface area contributed by atoms with Crippen LogP contribution in [0.15, 0.2) is 41.5 Å². The van der Waals surface area contributed by atoms with Crippen LogP contribution in [0.1, 0.15) is 71.7 Å². The van der Waals surface area contributed by atoms with E-state index in [9.17, 15) is 29.7 Å². The smallest absolute Gasteiger partial charge is 0.343 e. The standard InChI is InChI=1S/C32H40O11/c1-16-19(34)14-30-22(16)32(38,26(37)42-27(30,3)4)29(7)20(35)13-21-31(15-39-17(2)33,43-28(5,6)41-21)23(29)24(30)40-25(36)18-11-9-8-10-12-18/h8-12,19-21,23-24,34-35,38H,13-15H2,1-7H3/t19-,20-,21-,23?,24-,29+,30-,31-,32+/m0/s1. The van der Waals surface area contributed by atoms with Gasteiger partial charge < -0.3 is 39.0 Å². The Hall–Kier alpha value is -2.83. The van der Waals surface area contributed by atoms with Crippen LogP contribution in [0.4, 0.5) is 0 Å². The first-order valence-electron chi connectivity index (χ1n) is 14.7. The van der Waals surface area contributed by atoms with E-state index in [-0.39, 0.29) is 30.6 Å². The lowest BCUT2D eigenvalue weighted by Crippen LogP contribution is -2.85. The number of hydrogen-bond acceptors (Lipinski definition) is 11. The van der Waals surface area contributed by atoms with Gasteiger partial charge in [-0.2, -0.15) is 0 Å². The molecule has 234 valence electrons. The molecule has 5 aliphatic rings. The van der Waals surface area contributed by atoms with Gasteiger partial charge in [-0.15, -0.1) is 0 Å². The first-order valence-corrected chi connectivity index (χ1v) is 14.7. The molecule has 1 aromatic carbocycles. The average Bonchev–Trinajstić information content (AvgIpc) is 3.35. The van der Waals surface area contributed by atoms with Crippen molar-refractivity contribution in [2.75, 3.05) is 6.61 Å². The molecule has 2 saturated heterocycles. The van der Waals surface area contributed by atoms with Gasteiger partial charge in [-0.05, 0) is 64.3 Å². The van der Waals surface area contributed by atoms with Crippen molar-refractivity contribution >= 4 is 17.9 Å². The van der Waals surface area contributed by atoms with Gasteiger partial charge in [0.05, 0.1) is 29.3 Å². The minimum atomic E-state index is -2.46. The van der Waals surface area contributed by atoms with E-state index in [1.54, 1.807) is 71.9 Å². The summed E-state index contributed by atoms with van der Waals surface area (Å²) in [7, 11) is 0. The third kappa shape index (κ3) is 3.63. The monoisotopic (exact) mass is 600 g/mol. The van der Waals surface area contributed by atoms with Crippen LogP contribution in [-0.2, 0) is 33.3 Å². The summed E-state index contributed by atoms with van der Waals surface area (Å²) in [5.74, 6) is -4.73. The zero-order valence-corrected chi connectivity index (χ0v) is 25.5. The molecule has 2 bridgehead atoms. The van der Waals surface area contributed by atoms with Gasteiger partial charge in [0.1, 0.15) is 23.9 Å². The first-order chi connectivity index (χ1) is 19.9. The summed E-state index contributed by atoms with van der Waals surface area (Å²) in [5.41, 5.74) is -7.99. The second kappa shape index (κ2) is 9.10. The highest BCUT2D eigenvalue weighted by molar-refractivity contribution is 5.91. The maximum atomic E-state index is 14.1. The largest absolute Gasteiger partial charge is 0.463 e. The van der Waals surface area contributed by atoms with Gasteiger partial charge in [-0.25, -0.2) is 9.59 Å². The molecule has 6 rings (SSSR count). The summed E-state index contributed by atoms with van der Waals surface area (Å²) >= 11 is 0. The quantitative estimate of drug-likeness (QED) is 0.264. The topological polar surface area (TPSA) is 158 Å². The van der Waals surface area contributed by atoms with Gasteiger partial charge in [0.2, 0.25) is 0 Å². The molecule has 2 heterocycles. The number of esters is 3. The molecule has 2 saturated carbocycles. The van der Waals surface area contributed by atoms with E-state index in [1.807, 2.05) is 0 Å². The fourth-order valence-corrected chi connectivity index (χ4v) is 9.16. The Bertz CT molecular complexity index is 1420. The van der Waals surface area contributed by atoms with Gasteiger partial charge in [0, 0.05) is 24.7 Å². The Kier molecular flexibility index (Phi) is 6.40. The predicted octanol–water partition coefficient (Wildman–Crippen LogP) is 2.20. The van der Waals surface area contributed by atoms with Crippen molar-refractivity contribution in [2.24, 2.45) is 16.7 Å². The Labute approximate surface area is 250 Å². The molecule has 0 amide bonds. The minimum absolute atomic E-state index is 0.0509. The van der Waals surface area contributed by atoms with Crippen molar-refractivity contribution in [3.63, 3.8) is 0 Å². The lowest BCUT2D eigenvalue weighted by Gasteiger charge is -2.71. The summed E-state index contributed by atoms with van der Waals surface area (Å²) < 4.78 is 31.1. The van der Waals surface area contributed by atoms with Gasteiger partial charge in [-0.3, -0.25) is 4.79 Å². The summed E-state index contributed by atoms with van der Waals surface area (Å²) in [4.78, 5) is 40.3. The van der Waals surface area contributed by atoms with Gasteiger partial charge in [-0.1, -0.05) is 25.1 Å². The van der Waals surface area contributed by atoms with Gasteiger partial charge in [0.25, 0.3) is 0 Å². The number of fused-ring (bicyclic) bond motifs is 4. The van der Waals surface area contributed by atoms with Crippen LogP contribution < -0.4 is 0 Å². The minimum Gasteiger partial charge on any atom is -0.463 e. The number of cyclic esters (lactones) is 1. The number of benzene rings is 1. The molecule has 0 radical (unpaired) electrons. The van der Waals surface area contributed by atoms with Crippen LogP contribution >= 0.6 is 0 Å². The van der Waals surface area contributed by atoms with Gasteiger partial charge in [0.15, 0.2) is 11.4 Å². The van der Waals surface area contributed by atoms with Crippen LogP contribution in [0.5, 0.6) is 0 Å². The second-order valence-corrected chi connectivity index (χ2v) is 13.9. The van der Waals surface area contributed by atoms with Crippen LogP contribution in [0.2, 0.25) is 0 Å². The summed E-state index contributed by atoms with van der Waals surface area (Å²) in [5, 5.41) is 36.2. The molecule has 1 aromatic rings. The molecule has 9 atom stereocenters. The fourth-order valence-electron chi connectivity index (χ4n) is 9.16. The van der Waals surface area contributed by atoms with Crippen molar-refractivity contribution in [1.82, 2.24) is 0 Å². The van der Waals surface area contributed by atoms with Crippen LogP contribution in [0, 0.1) is 16.7 Å². The normalized spacial score (nSPS) is 43.7. The zero-order chi connectivity index (χ0) is 31.5. The molecule has 11 heteroatoms. The number of hydrogen-bond donors (Lipinski definition) is 3. The molecule has 43 heavy (non-hydrogen) atoms. The molecular formula is C32H40O11. The highest BCUT2D eigenvalue weighted by atomic mass is 16.8.